The largest absolute Gasteiger partial charge is 0.587 e. The fraction of sp³-hybridized carbons (Fsp3) is 0.333. The van der Waals surface area contributed by atoms with Gasteiger partial charge >= 0.3 is 13.5 Å². The van der Waals surface area contributed by atoms with E-state index in [2.05, 4.69) is 0 Å². The Hall–Kier alpha value is -3.75. The molecule has 40 heavy (non-hydrogen) atoms. The zero-order valence-corrected chi connectivity index (χ0v) is 21.9. The quantitative estimate of drug-likeness (QED) is 0.282. The second-order valence-electron chi connectivity index (χ2n) is 8.47. The predicted octanol–water partition coefficient (Wildman–Crippen LogP) is 2.09. The number of H-pyrrole nitrogens is 1. The molecule has 3 N–H and O–H groups in total. The number of aliphatic hydroxyl groups excluding tert-OH is 2. The van der Waals surface area contributed by atoms with Gasteiger partial charge in [0, 0.05) is 12.3 Å². The van der Waals surface area contributed by atoms with Crippen LogP contribution < -0.4 is 29.8 Å². The van der Waals surface area contributed by atoms with Crippen LogP contribution in [0.25, 0.3) is 0 Å². The zero-order valence-electron chi connectivity index (χ0n) is 21.0. The minimum Gasteiger partial charge on any atom is -0.497 e. The Morgan fingerprint density at radius 3 is 1.90 bits per heavy atom. The number of hydrogen-bond donors (Lipinski definition) is 3. The average Bonchev–Trinajstić information content (AvgIpc) is 3.19. The fourth-order valence-corrected chi connectivity index (χ4v) is 5.07. The lowest BCUT2D eigenvalue weighted by atomic mass is 9.96. The third-order valence-corrected chi connectivity index (χ3v) is 7.27. The normalized spacial score (nSPS) is 22.7. The van der Waals surface area contributed by atoms with Crippen LogP contribution >= 0.6 is 7.82 Å². The number of aromatic nitrogens is 2. The summed E-state index contributed by atoms with van der Waals surface area (Å²) in [6, 6.07) is 12.2. The van der Waals surface area contributed by atoms with E-state index < -0.39 is 56.1 Å². The maximum Gasteiger partial charge on any atom is 0.587 e. The van der Waals surface area contributed by atoms with Gasteiger partial charge in [-0.2, -0.15) is 0 Å². The number of phosphoric acid groups is 1. The molecule has 1 aromatic heterocycles. The molecule has 0 spiro atoms. The average molecular weight is 586 g/mol. The molecule has 1 saturated heterocycles. The van der Waals surface area contributed by atoms with Crippen LogP contribution in [0.15, 0.2) is 70.4 Å². The molecule has 0 unspecified atom stereocenters. The van der Waals surface area contributed by atoms with Crippen molar-refractivity contribution in [2.24, 2.45) is 0 Å². The second kappa shape index (κ2) is 11.8. The van der Waals surface area contributed by atoms with E-state index in [1.165, 1.54) is 62.8 Å². The smallest absolute Gasteiger partial charge is 0.497 e. The van der Waals surface area contributed by atoms with Crippen LogP contribution in [0.2, 0.25) is 0 Å². The van der Waals surface area contributed by atoms with Gasteiger partial charge in [-0.1, -0.05) is 0 Å². The summed E-state index contributed by atoms with van der Waals surface area (Å²) in [4.78, 5) is 25.5. The van der Waals surface area contributed by atoms with Crippen LogP contribution in [0.4, 0.5) is 8.78 Å². The monoisotopic (exact) mass is 586 g/mol. The summed E-state index contributed by atoms with van der Waals surface area (Å²) < 4.78 is 74.8. The Balaban J connectivity index is 1.64. The number of rotatable bonds is 11. The molecule has 0 aliphatic carbocycles. The van der Waals surface area contributed by atoms with Crippen LogP contribution in [0.3, 0.4) is 0 Å². The fourth-order valence-electron chi connectivity index (χ4n) is 3.80. The molecular formula is C24H25F2N2O11P. The number of phosphoric ester groups is 1. The molecule has 3 aromatic rings. The van der Waals surface area contributed by atoms with Crippen LogP contribution in [-0.2, 0) is 13.8 Å². The Morgan fingerprint density at radius 2 is 1.45 bits per heavy atom. The molecule has 0 radical (unpaired) electrons. The van der Waals surface area contributed by atoms with Crippen LogP contribution in [0, 0.1) is 0 Å². The van der Waals surface area contributed by atoms with Crippen molar-refractivity contribution in [3.63, 3.8) is 0 Å². The van der Waals surface area contributed by atoms with E-state index in [4.69, 9.17) is 27.8 Å². The standard InChI is InChI=1S/C24H25F2N2O11P/c1-34-14-3-7-16(8-4-14)38-40(33,39-17-9-5-15(35-2)6-10-17)36-13-24(22(25)26)20(31)19(30)21(37-24)28-12-11-18(29)27-23(28)32/h3-12,19-22,30-31H,13H2,1-2H3,(H,27,29,32)/t19-,20-,21-,24-/m1/s1. The number of methoxy groups -OCH3 is 2. The van der Waals surface area contributed by atoms with E-state index in [1.807, 2.05) is 4.98 Å². The Morgan fingerprint density at radius 1 is 0.950 bits per heavy atom. The van der Waals surface area contributed by atoms with E-state index >= 15 is 0 Å². The van der Waals surface area contributed by atoms with Crippen molar-refractivity contribution in [1.82, 2.24) is 9.55 Å². The molecule has 16 heteroatoms. The number of nitrogens with one attached hydrogen (secondary N) is 1. The van der Waals surface area contributed by atoms with Gasteiger partial charge < -0.3 is 33.5 Å². The maximum absolute atomic E-state index is 14.4. The Kier molecular flexibility index (Phi) is 8.61. The first-order valence-corrected chi connectivity index (χ1v) is 13.0. The molecule has 0 amide bonds. The van der Waals surface area contributed by atoms with Crippen molar-refractivity contribution < 1.29 is 51.3 Å². The lowest BCUT2D eigenvalue weighted by Gasteiger charge is -2.31. The molecule has 0 bridgehead atoms. The van der Waals surface area contributed by atoms with Crippen molar-refractivity contribution in [3.8, 4) is 23.0 Å². The minimum atomic E-state index is -4.80. The predicted molar refractivity (Wildman–Crippen MR) is 133 cm³/mol. The molecule has 2 aromatic carbocycles. The highest BCUT2D eigenvalue weighted by Gasteiger charge is 2.62. The first-order valence-electron chi connectivity index (χ1n) is 11.6. The third-order valence-electron chi connectivity index (χ3n) is 5.95. The highest BCUT2D eigenvalue weighted by molar-refractivity contribution is 7.49. The van der Waals surface area contributed by atoms with Gasteiger partial charge in [-0.25, -0.2) is 18.1 Å². The Labute approximate surface area is 225 Å². The number of benzene rings is 2. The summed E-state index contributed by atoms with van der Waals surface area (Å²) in [5.41, 5.74) is -4.88. The second-order valence-corrected chi connectivity index (χ2v) is 9.99. The summed E-state index contributed by atoms with van der Waals surface area (Å²) in [6.45, 7) is -1.32. The van der Waals surface area contributed by atoms with Gasteiger partial charge in [0.2, 0.25) is 0 Å². The summed E-state index contributed by atoms with van der Waals surface area (Å²) in [7, 11) is -1.95. The minimum absolute atomic E-state index is 0.0469. The molecule has 4 atom stereocenters. The van der Waals surface area contributed by atoms with Gasteiger partial charge in [-0.15, -0.1) is 0 Å². The Bertz CT molecular complexity index is 1410. The third kappa shape index (κ3) is 6.03. The lowest BCUT2D eigenvalue weighted by molar-refractivity contribution is -0.193. The van der Waals surface area contributed by atoms with Crippen molar-refractivity contribution in [2.45, 2.75) is 30.5 Å². The van der Waals surface area contributed by atoms with E-state index in [9.17, 15) is 33.1 Å². The number of aromatic amines is 1. The summed E-state index contributed by atoms with van der Waals surface area (Å²) in [5, 5.41) is 21.1. The van der Waals surface area contributed by atoms with Gasteiger partial charge in [0.05, 0.1) is 20.8 Å². The van der Waals surface area contributed by atoms with Crippen LogP contribution in [0.5, 0.6) is 23.0 Å². The molecule has 0 saturated carbocycles. The topological polar surface area (TPSA) is 168 Å². The molecular weight excluding hydrogens is 561 g/mol. The highest BCUT2D eigenvalue weighted by atomic mass is 31.2. The van der Waals surface area contributed by atoms with Crippen LogP contribution in [-0.4, -0.2) is 64.8 Å². The lowest BCUT2D eigenvalue weighted by Crippen LogP contribution is -2.52. The molecule has 4 rings (SSSR count). The van der Waals surface area contributed by atoms with E-state index in [0.29, 0.717) is 16.1 Å². The first kappa shape index (κ1) is 29.2. The zero-order chi connectivity index (χ0) is 29.1. The van der Waals surface area contributed by atoms with Gasteiger partial charge in [0.25, 0.3) is 12.0 Å². The van der Waals surface area contributed by atoms with Crippen molar-refractivity contribution in [1.29, 1.82) is 0 Å². The van der Waals surface area contributed by atoms with E-state index in [-0.39, 0.29) is 11.5 Å². The summed E-state index contributed by atoms with van der Waals surface area (Å²) in [5.74, 6) is 0.787. The van der Waals surface area contributed by atoms with Crippen molar-refractivity contribution in [2.75, 3.05) is 20.8 Å². The van der Waals surface area contributed by atoms with Gasteiger partial charge in [-0.05, 0) is 48.5 Å². The molecule has 216 valence electrons. The molecule has 1 fully saturated rings. The molecule has 2 heterocycles. The number of hydrogen-bond acceptors (Lipinski definition) is 11. The van der Waals surface area contributed by atoms with Crippen molar-refractivity contribution in [3.05, 3.63) is 81.6 Å². The van der Waals surface area contributed by atoms with Crippen molar-refractivity contribution >= 4 is 7.82 Å². The highest BCUT2D eigenvalue weighted by Crippen LogP contribution is 2.52. The van der Waals surface area contributed by atoms with Gasteiger partial charge in [0.1, 0.15) is 35.2 Å². The maximum atomic E-state index is 14.4. The number of nitrogens with zero attached hydrogens (tertiary/aromatic N) is 1. The number of aliphatic hydroxyl groups is 2. The van der Waals surface area contributed by atoms with Gasteiger partial charge in [0.15, 0.2) is 11.8 Å². The SMILES string of the molecule is COc1ccc(OP(=O)(OC[C@@]2(C(F)F)O[C@@H](n3ccc(=O)[nH]c3=O)[C@H](O)[C@H]2O)Oc2ccc(OC)cc2)cc1. The van der Waals surface area contributed by atoms with Gasteiger partial charge in [-0.3, -0.25) is 18.9 Å². The number of halogens is 2. The van der Waals surface area contributed by atoms with E-state index in [0.717, 1.165) is 12.3 Å². The molecule has 1 aliphatic rings. The first-order chi connectivity index (χ1) is 19.0. The molecule has 1 aliphatic heterocycles. The number of ether oxygens (including phenoxy) is 3. The summed E-state index contributed by atoms with van der Waals surface area (Å²) >= 11 is 0. The number of alkyl halides is 2. The van der Waals surface area contributed by atoms with Crippen LogP contribution in [0.1, 0.15) is 6.23 Å². The van der Waals surface area contributed by atoms with E-state index in [1.54, 1.807) is 0 Å². The summed E-state index contributed by atoms with van der Waals surface area (Å²) in [6.07, 6.45) is -8.91. The molecule has 13 nitrogen and oxygen atoms in total.